The first-order valence-electron chi connectivity index (χ1n) is 13.5. The number of halogens is 3. The molecule has 8 heteroatoms. The predicted molar refractivity (Wildman–Crippen MR) is 145 cm³/mol. The Balaban J connectivity index is 1.63. The number of alkyl halides is 3. The van der Waals surface area contributed by atoms with Crippen LogP contribution in [0.5, 0.6) is 5.75 Å². The third kappa shape index (κ3) is 5.04. The number of carbonyl (C=O) groups is 1. The van der Waals surface area contributed by atoms with Crippen LogP contribution in [0.15, 0.2) is 59.0 Å². The Labute approximate surface area is 226 Å². The molecule has 0 saturated carbocycles. The molecule has 1 N–H and O–H groups in total. The summed E-state index contributed by atoms with van der Waals surface area (Å²) in [6.07, 6.45) is -0.505. The minimum Gasteiger partial charge on any atom is -0.497 e. The molecule has 206 valence electrons. The largest absolute Gasteiger partial charge is 0.497 e. The predicted octanol–water partition coefficient (Wildman–Crippen LogP) is 8.15. The smallest absolute Gasteiger partial charge is 0.417 e. The van der Waals surface area contributed by atoms with Gasteiger partial charge in [0.1, 0.15) is 23.3 Å². The van der Waals surface area contributed by atoms with Crippen molar-refractivity contribution in [2.45, 2.75) is 58.2 Å². The van der Waals surface area contributed by atoms with E-state index in [-0.39, 0.29) is 23.1 Å². The van der Waals surface area contributed by atoms with Crippen molar-refractivity contribution in [3.8, 4) is 17.1 Å². The standard InChI is InChI=1S/C31H33F3N2O3/c1-4-8-19(9-5-2)30(37)36-17-16-21-23-18-20(38-3)12-13-25(23)35-28(21)29(36)27-15-14-26(39-27)22-10-6-7-11-24(22)31(32,33)34/h6-7,10-15,18-19,29,35H,4-5,8-9,16-17H2,1-3H3. The molecule has 3 heterocycles. The molecule has 1 aliphatic heterocycles. The number of rotatable bonds is 8. The average Bonchev–Trinajstić information content (AvgIpc) is 3.56. The summed E-state index contributed by atoms with van der Waals surface area (Å²) in [6.45, 7) is 4.63. The number of H-pyrrole nitrogens is 1. The van der Waals surface area contributed by atoms with Crippen LogP contribution in [0.1, 0.15) is 68.2 Å². The number of ether oxygens (including phenoxy) is 1. The molecular formula is C31H33F3N2O3. The van der Waals surface area contributed by atoms with Gasteiger partial charge < -0.3 is 19.0 Å². The summed E-state index contributed by atoms with van der Waals surface area (Å²) in [4.78, 5) is 19.3. The number of methoxy groups -OCH3 is 1. The lowest BCUT2D eigenvalue weighted by molar-refractivity contribution is -0.138. The van der Waals surface area contributed by atoms with Crippen molar-refractivity contribution >= 4 is 16.8 Å². The minimum atomic E-state index is -4.52. The number of hydrogen-bond donors (Lipinski definition) is 1. The highest BCUT2D eigenvalue weighted by Crippen LogP contribution is 2.43. The molecule has 5 rings (SSSR count). The van der Waals surface area contributed by atoms with Crippen LogP contribution in [0.4, 0.5) is 13.2 Å². The van der Waals surface area contributed by atoms with Gasteiger partial charge in [0, 0.05) is 28.9 Å². The van der Waals surface area contributed by atoms with E-state index >= 15 is 0 Å². The summed E-state index contributed by atoms with van der Waals surface area (Å²) in [7, 11) is 1.62. The Bertz CT molecular complexity index is 1460. The second-order valence-electron chi connectivity index (χ2n) is 10.1. The highest BCUT2D eigenvalue weighted by molar-refractivity contribution is 5.88. The van der Waals surface area contributed by atoms with Gasteiger partial charge in [-0.3, -0.25) is 4.79 Å². The van der Waals surface area contributed by atoms with Gasteiger partial charge in [-0.25, -0.2) is 0 Å². The molecule has 0 fully saturated rings. The molecule has 4 aromatic rings. The fourth-order valence-corrected chi connectivity index (χ4v) is 5.84. The summed E-state index contributed by atoms with van der Waals surface area (Å²) in [5, 5.41) is 1.01. The van der Waals surface area contributed by atoms with E-state index < -0.39 is 17.8 Å². The Morgan fingerprint density at radius 1 is 1.10 bits per heavy atom. The van der Waals surface area contributed by atoms with Crippen LogP contribution >= 0.6 is 0 Å². The van der Waals surface area contributed by atoms with E-state index in [2.05, 4.69) is 18.8 Å². The van der Waals surface area contributed by atoms with Gasteiger partial charge in [-0.05, 0) is 61.2 Å². The number of nitrogens with one attached hydrogen (secondary N) is 1. The Morgan fingerprint density at radius 3 is 2.54 bits per heavy atom. The Hall–Kier alpha value is -3.68. The van der Waals surface area contributed by atoms with Crippen molar-refractivity contribution in [2.75, 3.05) is 13.7 Å². The Morgan fingerprint density at radius 2 is 1.85 bits per heavy atom. The number of nitrogens with zero attached hydrogens (tertiary/aromatic N) is 1. The van der Waals surface area contributed by atoms with Gasteiger partial charge in [0.25, 0.3) is 0 Å². The van der Waals surface area contributed by atoms with Crippen molar-refractivity contribution in [1.29, 1.82) is 0 Å². The lowest BCUT2D eigenvalue weighted by Crippen LogP contribution is -2.43. The van der Waals surface area contributed by atoms with Crippen LogP contribution in [0.25, 0.3) is 22.2 Å². The highest BCUT2D eigenvalue weighted by Gasteiger charge is 2.39. The second kappa shape index (κ2) is 10.8. The average molecular weight is 539 g/mol. The van der Waals surface area contributed by atoms with Crippen molar-refractivity contribution in [1.82, 2.24) is 9.88 Å². The minimum absolute atomic E-state index is 0.0265. The number of carbonyl (C=O) groups excluding carboxylic acids is 1. The Kier molecular flexibility index (Phi) is 7.47. The summed E-state index contributed by atoms with van der Waals surface area (Å²) in [5.74, 6) is 1.22. The highest BCUT2D eigenvalue weighted by atomic mass is 19.4. The summed E-state index contributed by atoms with van der Waals surface area (Å²) < 4.78 is 52.9. The van der Waals surface area contributed by atoms with Crippen molar-refractivity contribution in [3.63, 3.8) is 0 Å². The normalized spacial score (nSPS) is 15.7. The molecule has 1 aliphatic rings. The van der Waals surface area contributed by atoms with E-state index in [4.69, 9.17) is 9.15 Å². The maximum Gasteiger partial charge on any atom is 0.417 e. The van der Waals surface area contributed by atoms with Gasteiger partial charge in [0.15, 0.2) is 0 Å². The third-order valence-electron chi connectivity index (χ3n) is 7.63. The van der Waals surface area contributed by atoms with E-state index in [1.54, 1.807) is 25.3 Å². The van der Waals surface area contributed by atoms with Gasteiger partial charge >= 0.3 is 6.18 Å². The number of hydrogen-bond acceptors (Lipinski definition) is 3. The molecule has 39 heavy (non-hydrogen) atoms. The van der Waals surface area contributed by atoms with E-state index in [1.165, 1.54) is 12.1 Å². The van der Waals surface area contributed by atoms with Crippen LogP contribution in [0.3, 0.4) is 0 Å². The quantitative estimate of drug-likeness (QED) is 0.246. The zero-order chi connectivity index (χ0) is 27.7. The summed E-state index contributed by atoms with van der Waals surface area (Å²) in [6, 6.07) is 13.9. The molecule has 0 spiro atoms. The van der Waals surface area contributed by atoms with Gasteiger partial charge in [-0.2, -0.15) is 13.2 Å². The number of furan rings is 1. The van der Waals surface area contributed by atoms with Crippen LogP contribution in [0.2, 0.25) is 0 Å². The molecule has 0 saturated heterocycles. The van der Waals surface area contributed by atoms with Crippen molar-refractivity contribution in [2.24, 2.45) is 5.92 Å². The van der Waals surface area contributed by atoms with Crippen LogP contribution in [-0.2, 0) is 17.4 Å². The van der Waals surface area contributed by atoms with E-state index in [0.717, 1.165) is 59.7 Å². The maximum atomic E-state index is 14.0. The first kappa shape index (κ1) is 26.9. The third-order valence-corrected chi connectivity index (χ3v) is 7.63. The lowest BCUT2D eigenvalue weighted by atomic mass is 9.91. The van der Waals surface area contributed by atoms with E-state index in [1.807, 2.05) is 23.1 Å². The zero-order valence-corrected chi connectivity index (χ0v) is 22.4. The SMILES string of the molecule is CCCC(CCC)C(=O)N1CCc2c([nH]c3ccc(OC)cc23)C1c1ccc(-c2ccccc2C(F)(F)F)o1. The molecule has 0 radical (unpaired) electrons. The van der Waals surface area contributed by atoms with Crippen LogP contribution in [0, 0.1) is 5.92 Å². The molecule has 0 aliphatic carbocycles. The van der Waals surface area contributed by atoms with E-state index in [9.17, 15) is 18.0 Å². The molecule has 2 aromatic carbocycles. The van der Waals surface area contributed by atoms with E-state index in [0.29, 0.717) is 18.7 Å². The summed E-state index contributed by atoms with van der Waals surface area (Å²) >= 11 is 0. The molecule has 0 bridgehead atoms. The maximum absolute atomic E-state index is 14.0. The number of aromatic amines is 1. The first-order chi connectivity index (χ1) is 18.8. The molecule has 1 unspecified atom stereocenters. The number of amides is 1. The number of aromatic nitrogens is 1. The van der Waals surface area contributed by atoms with Gasteiger partial charge in [0.2, 0.25) is 5.91 Å². The van der Waals surface area contributed by atoms with Crippen LogP contribution in [-0.4, -0.2) is 29.4 Å². The van der Waals surface area contributed by atoms with Gasteiger partial charge in [0.05, 0.1) is 18.4 Å². The monoisotopic (exact) mass is 538 g/mol. The lowest BCUT2D eigenvalue weighted by Gasteiger charge is -2.37. The topological polar surface area (TPSA) is 58.5 Å². The van der Waals surface area contributed by atoms with Crippen molar-refractivity contribution < 1.29 is 27.1 Å². The fourth-order valence-electron chi connectivity index (χ4n) is 5.84. The van der Waals surface area contributed by atoms with Gasteiger partial charge in [-0.15, -0.1) is 0 Å². The molecule has 5 nitrogen and oxygen atoms in total. The molecular weight excluding hydrogens is 505 g/mol. The molecule has 2 aromatic heterocycles. The molecule has 1 amide bonds. The number of benzene rings is 2. The zero-order valence-electron chi connectivity index (χ0n) is 22.4. The van der Waals surface area contributed by atoms with Crippen molar-refractivity contribution in [3.05, 3.63) is 77.2 Å². The molecule has 1 atom stereocenters. The first-order valence-corrected chi connectivity index (χ1v) is 13.5. The van der Waals surface area contributed by atoms with Gasteiger partial charge in [-0.1, -0.05) is 44.9 Å². The fraction of sp³-hybridized carbons (Fsp3) is 0.387. The number of fused-ring (bicyclic) bond motifs is 3. The summed E-state index contributed by atoms with van der Waals surface area (Å²) in [5.41, 5.74) is 2.02. The second-order valence-corrected chi connectivity index (χ2v) is 10.1. The van der Waals surface area contributed by atoms with Crippen LogP contribution < -0.4 is 4.74 Å².